The van der Waals surface area contributed by atoms with Gasteiger partial charge in [-0.05, 0) is 31.2 Å². The minimum atomic E-state index is -3.46. The predicted molar refractivity (Wildman–Crippen MR) is 94.5 cm³/mol. The molecule has 2 aromatic carbocycles. The van der Waals surface area contributed by atoms with Crippen LogP contribution < -0.4 is 10.0 Å². The molecule has 0 spiro atoms. The van der Waals surface area contributed by atoms with Crippen LogP contribution >= 0.6 is 11.3 Å². The molecule has 0 aliphatic carbocycles. The second kappa shape index (κ2) is 6.66. The maximum Gasteiger partial charge on any atom is 0.240 e. The molecule has 0 saturated carbocycles. The Kier molecular flexibility index (Phi) is 4.61. The summed E-state index contributed by atoms with van der Waals surface area (Å²) in [5, 5.41) is 3.94. The van der Waals surface area contributed by atoms with E-state index in [9.17, 15) is 8.42 Å². The molecule has 0 fully saturated rings. The van der Waals surface area contributed by atoms with Crippen LogP contribution in [-0.4, -0.2) is 26.5 Å². The second-order valence-electron chi connectivity index (χ2n) is 5.12. The summed E-state index contributed by atoms with van der Waals surface area (Å²) in [4.78, 5) is 4.73. The average molecular weight is 347 g/mol. The minimum Gasteiger partial charge on any atom is -0.360 e. The van der Waals surface area contributed by atoms with Crippen molar-refractivity contribution in [2.45, 2.75) is 11.8 Å². The molecule has 23 heavy (non-hydrogen) atoms. The van der Waals surface area contributed by atoms with Gasteiger partial charge < -0.3 is 5.32 Å². The number of benzene rings is 2. The minimum absolute atomic E-state index is 0.281. The third-order valence-corrected chi connectivity index (χ3v) is 5.79. The predicted octanol–water partition coefficient (Wildman–Crippen LogP) is 3.00. The van der Waals surface area contributed by atoms with Gasteiger partial charge in [-0.25, -0.2) is 18.1 Å². The lowest BCUT2D eigenvalue weighted by atomic mass is 10.2. The number of hydrogen-bond donors (Lipinski definition) is 2. The van der Waals surface area contributed by atoms with Crippen molar-refractivity contribution in [1.29, 1.82) is 0 Å². The molecule has 0 aliphatic rings. The molecule has 120 valence electrons. The van der Waals surface area contributed by atoms with Gasteiger partial charge in [0.25, 0.3) is 0 Å². The van der Waals surface area contributed by atoms with Crippen LogP contribution in [0.15, 0.2) is 53.4 Å². The Bertz CT molecular complexity index is 869. The third-order valence-electron chi connectivity index (χ3n) is 3.32. The fourth-order valence-corrected chi connectivity index (χ4v) is 4.03. The van der Waals surface area contributed by atoms with Crippen LogP contribution in [-0.2, 0) is 10.0 Å². The molecule has 0 radical (unpaired) electrons. The molecule has 0 unspecified atom stereocenters. The molecule has 0 atom stereocenters. The normalized spacial score (nSPS) is 11.7. The zero-order valence-electron chi connectivity index (χ0n) is 12.6. The van der Waals surface area contributed by atoms with E-state index in [1.165, 1.54) is 0 Å². The highest BCUT2D eigenvalue weighted by Gasteiger charge is 2.12. The molecule has 1 heterocycles. The molecule has 0 aliphatic heterocycles. The Labute approximate surface area is 139 Å². The van der Waals surface area contributed by atoms with E-state index in [1.54, 1.807) is 35.6 Å². The summed E-state index contributed by atoms with van der Waals surface area (Å²) in [6.45, 7) is 2.70. The molecule has 2 N–H and O–H groups in total. The molecule has 5 nitrogen and oxygen atoms in total. The van der Waals surface area contributed by atoms with Crippen LogP contribution in [0.25, 0.3) is 10.2 Å². The molecule has 0 amide bonds. The summed E-state index contributed by atoms with van der Waals surface area (Å²) in [7, 11) is -3.46. The monoisotopic (exact) mass is 347 g/mol. The van der Waals surface area contributed by atoms with Gasteiger partial charge >= 0.3 is 0 Å². The van der Waals surface area contributed by atoms with Crippen LogP contribution in [0.5, 0.6) is 0 Å². The fraction of sp³-hybridized carbons (Fsp3) is 0.188. The highest BCUT2D eigenvalue weighted by molar-refractivity contribution is 7.89. The van der Waals surface area contributed by atoms with E-state index in [-0.39, 0.29) is 4.90 Å². The first kappa shape index (κ1) is 15.9. The van der Waals surface area contributed by atoms with Crippen LogP contribution in [0.2, 0.25) is 0 Å². The van der Waals surface area contributed by atoms with Gasteiger partial charge in [0, 0.05) is 13.1 Å². The highest BCUT2D eigenvalue weighted by atomic mass is 32.2. The Morgan fingerprint density at radius 3 is 2.52 bits per heavy atom. The van der Waals surface area contributed by atoms with Gasteiger partial charge in [0.15, 0.2) is 5.13 Å². The van der Waals surface area contributed by atoms with E-state index in [2.05, 4.69) is 15.0 Å². The van der Waals surface area contributed by atoms with Gasteiger partial charge in [0.05, 0.1) is 15.1 Å². The number of hydrogen-bond acceptors (Lipinski definition) is 5. The summed E-state index contributed by atoms with van der Waals surface area (Å²) in [5.74, 6) is 0. The van der Waals surface area contributed by atoms with Crippen molar-refractivity contribution >= 4 is 36.7 Å². The largest absolute Gasteiger partial charge is 0.360 e. The SMILES string of the molecule is Cc1ccc(S(=O)(=O)NCCNc2nc3ccccc3s2)cc1. The smallest absolute Gasteiger partial charge is 0.240 e. The Hall–Kier alpha value is -1.96. The third kappa shape index (κ3) is 3.87. The number of fused-ring (bicyclic) bond motifs is 1. The van der Waals surface area contributed by atoms with E-state index in [4.69, 9.17) is 0 Å². The van der Waals surface area contributed by atoms with Gasteiger partial charge in [-0.3, -0.25) is 0 Å². The lowest BCUT2D eigenvalue weighted by Gasteiger charge is -2.07. The van der Waals surface area contributed by atoms with Gasteiger partial charge in [-0.1, -0.05) is 41.2 Å². The van der Waals surface area contributed by atoms with Gasteiger partial charge in [0.2, 0.25) is 10.0 Å². The Balaban J connectivity index is 1.55. The first-order valence-corrected chi connectivity index (χ1v) is 9.50. The molecule has 3 aromatic rings. The van der Waals surface area contributed by atoms with Crippen LogP contribution in [0.4, 0.5) is 5.13 Å². The number of rotatable bonds is 6. The molecule has 7 heteroatoms. The Morgan fingerprint density at radius 1 is 1.04 bits per heavy atom. The number of para-hydroxylation sites is 1. The lowest BCUT2D eigenvalue weighted by molar-refractivity contribution is 0.583. The van der Waals surface area contributed by atoms with Crippen molar-refractivity contribution in [2.75, 3.05) is 18.4 Å². The molecular formula is C16H17N3O2S2. The molecular weight excluding hydrogens is 330 g/mol. The van der Waals surface area contributed by atoms with Crippen LogP contribution in [0, 0.1) is 6.92 Å². The summed E-state index contributed by atoms with van der Waals surface area (Å²) in [6.07, 6.45) is 0. The summed E-state index contributed by atoms with van der Waals surface area (Å²) in [6, 6.07) is 14.7. The van der Waals surface area contributed by atoms with Crippen molar-refractivity contribution in [2.24, 2.45) is 0 Å². The van der Waals surface area contributed by atoms with Crippen LogP contribution in [0.1, 0.15) is 5.56 Å². The number of sulfonamides is 1. The van der Waals surface area contributed by atoms with E-state index >= 15 is 0 Å². The van der Waals surface area contributed by atoms with Crippen molar-refractivity contribution in [1.82, 2.24) is 9.71 Å². The second-order valence-corrected chi connectivity index (χ2v) is 7.92. The zero-order chi connectivity index (χ0) is 16.3. The average Bonchev–Trinajstić information content (AvgIpc) is 2.95. The van der Waals surface area contributed by atoms with Gasteiger partial charge in [0.1, 0.15) is 0 Å². The standard InChI is InChI=1S/C16H17N3O2S2/c1-12-6-8-13(9-7-12)23(20,21)18-11-10-17-16-19-14-4-2-3-5-15(14)22-16/h2-9,18H,10-11H2,1H3,(H,17,19). The number of thiazole rings is 1. The highest BCUT2D eigenvalue weighted by Crippen LogP contribution is 2.24. The van der Waals surface area contributed by atoms with E-state index < -0.39 is 10.0 Å². The number of anilines is 1. The number of nitrogens with one attached hydrogen (secondary N) is 2. The first-order valence-electron chi connectivity index (χ1n) is 7.20. The van der Waals surface area contributed by atoms with E-state index in [1.807, 2.05) is 31.2 Å². The quantitative estimate of drug-likeness (QED) is 0.673. The first-order chi connectivity index (χ1) is 11.0. The lowest BCUT2D eigenvalue weighted by Crippen LogP contribution is -2.28. The molecule has 1 aromatic heterocycles. The summed E-state index contributed by atoms with van der Waals surface area (Å²) >= 11 is 1.55. The van der Waals surface area contributed by atoms with Crippen molar-refractivity contribution in [3.8, 4) is 0 Å². The molecule has 0 saturated heterocycles. The topological polar surface area (TPSA) is 71.1 Å². The van der Waals surface area contributed by atoms with Crippen molar-refractivity contribution in [3.05, 3.63) is 54.1 Å². The molecule has 3 rings (SSSR count). The van der Waals surface area contributed by atoms with Crippen LogP contribution in [0.3, 0.4) is 0 Å². The van der Waals surface area contributed by atoms with E-state index in [0.29, 0.717) is 13.1 Å². The van der Waals surface area contributed by atoms with Gasteiger partial charge in [-0.15, -0.1) is 0 Å². The number of aryl methyl sites for hydroxylation is 1. The van der Waals surface area contributed by atoms with Gasteiger partial charge in [-0.2, -0.15) is 0 Å². The fourth-order valence-electron chi connectivity index (χ4n) is 2.10. The summed E-state index contributed by atoms with van der Waals surface area (Å²) in [5.41, 5.74) is 1.97. The Morgan fingerprint density at radius 2 is 1.78 bits per heavy atom. The maximum absolute atomic E-state index is 12.1. The van der Waals surface area contributed by atoms with E-state index in [0.717, 1.165) is 20.9 Å². The molecule has 0 bridgehead atoms. The van der Waals surface area contributed by atoms with Crippen molar-refractivity contribution in [3.63, 3.8) is 0 Å². The maximum atomic E-state index is 12.1. The number of nitrogens with zero attached hydrogens (tertiary/aromatic N) is 1. The summed E-state index contributed by atoms with van der Waals surface area (Å²) < 4.78 is 28.0. The number of aromatic nitrogens is 1. The zero-order valence-corrected chi connectivity index (χ0v) is 14.2. The van der Waals surface area contributed by atoms with Crippen molar-refractivity contribution < 1.29 is 8.42 Å².